The summed E-state index contributed by atoms with van der Waals surface area (Å²) in [5, 5.41) is 12.7. The second-order valence-corrected chi connectivity index (χ2v) is 4.75. The van der Waals surface area contributed by atoms with Crippen molar-refractivity contribution in [3.63, 3.8) is 0 Å². The molecule has 0 aliphatic carbocycles. The van der Waals surface area contributed by atoms with E-state index < -0.39 is 0 Å². The minimum Gasteiger partial charge on any atom is -0.618 e. The summed E-state index contributed by atoms with van der Waals surface area (Å²) in [5.74, 6) is 0. The summed E-state index contributed by atoms with van der Waals surface area (Å²) in [5.41, 5.74) is 0.897. The Balaban J connectivity index is 2.50. The molecule has 0 aromatic heterocycles. The lowest BCUT2D eigenvalue weighted by molar-refractivity contribution is -0.354. The van der Waals surface area contributed by atoms with Crippen LogP contribution >= 0.6 is 34.8 Å². The maximum Gasteiger partial charge on any atom is 0.255 e. The zero-order chi connectivity index (χ0) is 13.1. The zero-order valence-corrected chi connectivity index (χ0v) is 11.4. The van der Waals surface area contributed by atoms with Crippen molar-refractivity contribution in [2.75, 3.05) is 0 Å². The molecule has 2 aromatic carbocycles. The van der Waals surface area contributed by atoms with Gasteiger partial charge in [0.2, 0.25) is 0 Å². The van der Waals surface area contributed by atoms with Gasteiger partial charge in [0, 0.05) is 5.56 Å². The highest BCUT2D eigenvalue weighted by molar-refractivity contribution is 6.45. The second-order valence-electron chi connectivity index (χ2n) is 3.56. The third kappa shape index (κ3) is 2.78. The van der Waals surface area contributed by atoms with Crippen molar-refractivity contribution in [1.29, 1.82) is 0 Å². The molecular formula is C13H8Cl3NO. The Labute approximate surface area is 120 Å². The lowest BCUT2D eigenvalue weighted by Crippen LogP contribution is -2.00. The van der Waals surface area contributed by atoms with Gasteiger partial charge in [-0.25, -0.2) is 0 Å². The standard InChI is InChI=1S/C13H8Cl3NO/c14-10-6-7-11(15)13(12(10)16)17(18)8-9-4-2-1-3-5-9/h1-8H. The first kappa shape index (κ1) is 13.2. The summed E-state index contributed by atoms with van der Waals surface area (Å²) in [7, 11) is 0. The van der Waals surface area contributed by atoms with Gasteiger partial charge in [-0.1, -0.05) is 53.0 Å². The molecule has 0 saturated heterocycles. The number of hydrogen-bond acceptors (Lipinski definition) is 1. The van der Waals surface area contributed by atoms with Crippen molar-refractivity contribution in [3.05, 3.63) is 68.3 Å². The van der Waals surface area contributed by atoms with E-state index in [4.69, 9.17) is 34.8 Å². The third-order valence-corrected chi connectivity index (χ3v) is 3.41. The molecule has 5 heteroatoms. The van der Waals surface area contributed by atoms with Gasteiger partial charge in [0.25, 0.3) is 5.69 Å². The lowest BCUT2D eigenvalue weighted by atomic mass is 10.2. The molecule has 0 bridgehead atoms. The van der Waals surface area contributed by atoms with Crippen LogP contribution in [0.1, 0.15) is 5.56 Å². The van der Waals surface area contributed by atoms with Gasteiger partial charge in [-0.05, 0) is 24.3 Å². The number of hydrogen-bond donors (Lipinski definition) is 0. The first-order valence-electron chi connectivity index (χ1n) is 5.09. The van der Waals surface area contributed by atoms with Gasteiger partial charge >= 0.3 is 0 Å². The molecule has 0 N–H and O–H groups in total. The summed E-state index contributed by atoms with van der Waals surface area (Å²) < 4.78 is 0.617. The number of benzene rings is 2. The SMILES string of the molecule is [O-][N+](=Cc1ccccc1)c1c(Cl)ccc(Cl)c1Cl. The lowest BCUT2D eigenvalue weighted by Gasteiger charge is -2.07. The smallest absolute Gasteiger partial charge is 0.255 e. The Kier molecular flexibility index (Phi) is 4.12. The van der Waals surface area contributed by atoms with E-state index in [1.54, 1.807) is 18.2 Å². The molecular weight excluding hydrogens is 293 g/mol. The maximum atomic E-state index is 12.0. The van der Waals surface area contributed by atoms with Crippen LogP contribution < -0.4 is 0 Å². The molecule has 0 saturated carbocycles. The molecule has 0 aliphatic rings. The molecule has 0 aliphatic heterocycles. The third-order valence-electron chi connectivity index (χ3n) is 2.31. The van der Waals surface area contributed by atoms with E-state index in [9.17, 15) is 5.21 Å². The fourth-order valence-corrected chi connectivity index (χ4v) is 2.15. The molecule has 92 valence electrons. The van der Waals surface area contributed by atoms with Crippen molar-refractivity contribution in [2.24, 2.45) is 0 Å². The fraction of sp³-hybridized carbons (Fsp3) is 0. The first-order valence-corrected chi connectivity index (χ1v) is 6.23. The average molecular weight is 301 g/mol. The second kappa shape index (κ2) is 5.61. The van der Waals surface area contributed by atoms with Crippen molar-refractivity contribution in [1.82, 2.24) is 0 Å². The molecule has 0 radical (unpaired) electrons. The van der Waals surface area contributed by atoms with Crippen LogP contribution in [0, 0.1) is 5.21 Å². The van der Waals surface area contributed by atoms with E-state index in [2.05, 4.69) is 0 Å². The summed E-state index contributed by atoms with van der Waals surface area (Å²) in [6.07, 6.45) is 1.39. The highest BCUT2D eigenvalue weighted by Gasteiger charge is 2.17. The molecule has 0 heterocycles. The monoisotopic (exact) mass is 299 g/mol. The normalized spacial score (nSPS) is 11.6. The van der Waals surface area contributed by atoms with Gasteiger partial charge in [-0.15, -0.1) is 0 Å². The average Bonchev–Trinajstić information content (AvgIpc) is 2.36. The predicted molar refractivity (Wildman–Crippen MR) is 76.4 cm³/mol. The van der Waals surface area contributed by atoms with Crippen molar-refractivity contribution >= 4 is 46.7 Å². The van der Waals surface area contributed by atoms with Crippen LogP contribution in [0.25, 0.3) is 0 Å². The van der Waals surface area contributed by atoms with Gasteiger partial charge < -0.3 is 5.21 Å². The largest absolute Gasteiger partial charge is 0.618 e. The Morgan fingerprint density at radius 1 is 0.889 bits per heavy atom. The minimum atomic E-state index is 0.145. The highest BCUT2D eigenvalue weighted by atomic mass is 35.5. The van der Waals surface area contributed by atoms with Crippen LogP contribution in [0.2, 0.25) is 15.1 Å². The van der Waals surface area contributed by atoms with Gasteiger partial charge in [0.1, 0.15) is 10.0 Å². The molecule has 0 atom stereocenters. The van der Waals surface area contributed by atoms with Crippen LogP contribution in [-0.4, -0.2) is 11.0 Å². The van der Waals surface area contributed by atoms with E-state index in [0.29, 0.717) is 9.76 Å². The van der Waals surface area contributed by atoms with E-state index in [1.807, 2.05) is 18.2 Å². The van der Waals surface area contributed by atoms with E-state index >= 15 is 0 Å². The van der Waals surface area contributed by atoms with Gasteiger partial charge in [-0.2, -0.15) is 4.74 Å². The molecule has 0 unspecified atom stereocenters. The molecule has 2 aromatic rings. The quantitative estimate of drug-likeness (QED) is 0.254. The number of nitrogens with zero attached hydrogens (tertiary/aromatic N) is 1. The predicted octanol–water partition coefficient (Wildman–Crippen LogP) is 4.91. The summed E-state index contributed by atoms with van der Waals surface area (Å²) in [4.78, 5) is 0. The highest BCUT2D eigenvalue weighted by Crippen LogP contribution is 2.37. The molecule has 0 fully saturated rings. The van der Waals surface area contributed by atoms with Gasteiger partial charge in [0.15, 0.2) is 6.21 Å². The minimum absolute atomic E-state index is 0.145. The topological polar surface area (TPSA) is 26.1 Å². The molecule has 18 heavy (non-hydrogen) atoms. The van der Waals surface area contributed by atoms with E-state index in [-0.39, 0.29) is 15.7 Å². The Hall–Kier alpha value is -1.22. The number of halogens is 3. The Morgan fingerprint density at radius 3 is 2.17 bits per heavy atom. The van der Waals surface area contributed by atoms with Gasteiger partial charge in [-0.3, -0.25) is 0 Å². The zero-order valence-electron chi connectivity index (χ0n) is 9.11. The summed E-state index contributed by atoms with van der Waals surface area (Å²) in [6, 6.07) is 12.2. The van der Waals surface area contributed by atoms with Crippen LogP contribution in [0.3, 0.4) is 0 Å². The summed E-state index contributed by atoms with van der Waals surface area (Å²) in [6.45, 7) is 0. The molecule has 2 nitrogen and oxygen atoms in total. The van der Waals surface area contributed by atoms with Crippen LogP contribution in [-0.2, 0) is 0 Å². The molecule has 2 rings (SSSR count). The van der Waals surface area contributed by atoms with Crippen molar-refractivity contribution in [3.8, 4) is 0 Å². The Morgan fingerprint density at radius 2 is 1.50 bits per heavy atom. The van der Waals surface area contributed by atoms with Crippen molar-refractivity contribution in [2.45, 2.75) is 0 Å². The maximum absolute atomic E-state index is 12.0. The Bertz CT molecular complexity index is 597. The van der Waals surface area contributed by atoms with Crippen molar-refractivity contribution < 1.29 is 4.74 Å². The first-order chi connectivity index (χ1) is 8.59. The van der Waals surface area contributed by atoms with E-state index in [0.717, 1.165) is 5.56 Å². The number of rotatable bonds is 2. The van der Waals surface area contributed by atoms with Crippen LogP contribution in [0.5, 0.6) is 0 Å². The summed E-state index contributed by atoms with van der Waals surface area (Å²) >= 11 is 17.8. The van der Waals surface area contributed by atoms with Gasteiger partial charge in [0.05, 0.1) is 5.02 Å². The van der Waals surface area contributed by atoms with Crippen LogP contribution in [0.15, 0.2) is 42.5 Å². The molecule has 0 spiro atoms. The van der Waals surface area contributed by atoms with E-state index in [1.165, 1.54) is 12.3 Å². The fourth-order valence-electron chi connectivity index (χ4n) is 1.46. The molecule has 0 amide bonds. The van der Waals surface area contributed by atoms with Crippen LogP contribution in [0.4, 0.5) is 5.69 Å².